The van der Waals surface area contributed by atoms with E-state index in [0.717, 1.165) is 38.0 Å². The van der Waals surface area contributed by atoms with Gasteiger partial charge in [-0.25, -0.2) is 0 Å². The van der Waals surface area contributed by atoms with E-state index in [4.69, 9.17) is 11.6 Å². The number of nitrogens with zero attached hydrogens (tertiary/aromatic N) is 1. The molecule has 1 aliphatic heterocycles. The van der Waals surface area contributed by atoms with E-state index in [0.29, 0.717) is 11.6 Å². The maximum atomic E-state index is 12.1. The second-order valence-corrected chi connectivity index (χ2v) is 6.06. The summed E-state index contributed by atoms with van der Waals surface area (Å²) in [5.74, 6) is 0.278. The summed E-state index contributed by atoms with van der Waals surface area (Å²) in [7, 11) is 0. The molecule has 1 heterocycles. The highest BCUT2D eigenvalue weighted by Gasteiger charge is 2.27. The van der Waals surface area contributed by atoms with Crippen molar-refractivity contribution in [3.63, 3.8) is 0 Å². The van der Waals surface area contributed by atoms with Gasteiger partial charge in [-0.15, -0.1) is 0 Å². The van der Waals surface area contributed by atoms with Crippen molar-refractivity contribution in [1.82, 2.24) is 10.2 Å². The van der Waals surface area contributed by atoms with Crippen LogP contribution in [0.15, 0.2) is 24.3 Å². The van der Waals surface area contributed by atoms with Gasteiger partial charge >= 0.3 is 6.18 Å². The Bertz CT molecular complexity index is 451. The second-order valence-electron chi connectivity index (χ2n) is 5.62. The third-order valence-corrected chi connectivity index (χ3v) is 3.89. The van der Waals surface area contributed by atoms with Crippen LogP contribution < -0.4 is 5.32 Å². The third kappa shape index (κ3) is 6.24. The largest absolute Gasteiger partial charge is 0.401 e. The molecule has 0 amide bonds. The molecule has 0 aromatic heterocycles. The first-order chi connectivity index (χ1) is 9.92. The Morgan fingerprint density at radius 3 is 2.86 bits per heavy atom. The Morgan fingerprint density at radius 2 is 2.14 bits per heavy atom. The first kappa shape index (κ1) is 16.6. The van der Waals surface area contributed by atoms with E-state index < -0.39 is 12.7 Å². The predicted octanol–water partition coefficient (Wildman–Crippen LogP) is 3.70. The molecule has 118 valence electrons. The molecule has 1 aliphatic rings. The van der Waals surface area contributed by atoms with Crippen LogP contribution in [-0.2, 0) is 6.54 Å². The van der Waals surface area contributed by atoms with Crippen LogP contribution >= 0.6 is 11.6 Å². The number of halogens is 4. The second kappa shape index (κ2) is 7.47. The fourth-order valence-corrected chi connectivity index (χ4v) is 2.99. The van der Waals surface area contributed by atoms with Gasteiger partial charge in [0.2, 0.25) is 0 Å². The topological polar surface area (TPSA) is 15.3 Å². The van der Waals surface area contributed by atoms with E-state index in [1.165, 1.54) is 0 Å². The lowest BCUT2D eigenvalue weighted by molar-refractivity contribution is -0.125. The number of rotatable bonds is 5. The van der Waals surface area contributed by atoms with E-state index in [9.17, 15) is 13.2 Å². The molecule has 2 nitrogen and oxygen atoms in total. The van der Waals surface area contributed by atoms with Crippen LogP contribution in [-0.4, -0.2) is 37.3 Å². The minimum atomic E-state index is -4.13. The van der Waals surface area contributed by atoms with Gasteiger partial charge in [-0.2, -0.15) is 13.2 Å². The third-order valence-electron chi connectivity index (χ3n) is 3.66. The van der Waals surface area contributed by atoms with E-state index in [1.807, 2.05) is 24.3 Å². The van der Waals surface area contributed by atoms with Crippen molar-refractivity contribution in [2.45, 2.75) is 25.6 Å². The molecular weight excluding hydrogens is 301 g/mol. The molecule has 1 N–H and O–H groups in total. The van der Waals surface area contributed by atoms with E-state index in [1.54, 1.807) is 0 Å². The van der Waals surface area contributed by atoms with Gasteiger partial charge in [0.1, 0.15) is 0 Å². The zero-order chi connectivity index (χ0) is 15.3. The van der Waals surface area contributed by atoms with Gasteiger partial charge in [0.15, 0.2) is 0 Å². The fourth-order valence-electron chi connectivity index (χ4n) is 2.77. The van der Waals surface area contributed by atoms with Crippen LogP contribution in [0.4, 0.5) is 13.2 Å². The van der Waals surface area contributed by atoms with Gasteiger partial charge in [0.05, 0.1) is 6.54 Å². The summed E-state index contributed by atoms with van der Waals surface area (Å²) in [4.78, 5) is 2.29. The van der Waals surface area contributed by atoms with Crippen LogP contribution in [0.3, 0.4) is 0 Å². The Morgan fingerprint density at radius 1 is 1.33 bits per heavy atom. The van der Waals surface area contributed by atoms with Crippen LogP contribution in [0.1, 0.15) is 18.4 Å². The molecule has 0 aliphatic carbocycles. The lowest BCUT2D eigenvalue weighted by Crippen LogP contribution is -2.41. The van der Waals surface area contributed by atoms with Gasteiger partial charge < -0.3 is 5.32 Å². The number of hydrogen-bond acceptors (Lipinski definition) is 2. The molecule has 0 spiro atoms. The lowest BCUT2D eigenvalue weighted by Gasteiger charge is -2.33. The maximum absolute atomic E-state index is 12.1. The minimum Gasteiger partial charge on any atom is -0.308 e. The number of hydrogen-bond donors (Lipinski definition) is 1. The van der Waals surface area contributed by atoms with Gasteiger partial charge in [0.25, 0.3) is 0 Å². The number of nitrogens with one attached hydrogen (secondary N) is 1. The zero-order valence-electron chi connectivity index (χ0n) is 11.8. The maximum Gasteiger partial charge on any atom is 0.401 e. The predicted molar refractivity (Wildman–Crippen MR) is 78.4 cm³/mol. The normalized spacial score (nSPS) is 20.7. The molecular formula is C15H20ClF3N2. The standard InChI is InChI=1S/C15H20ClF3N2/c16-14-5-1-3-12(7-14)9-21-6-2-4-13(10-21)8-20-11-15(17,18)19/h1,3,5,7,13,20H,2,4,6,8-11H2. The lowest BCUT2D eigenvalue weighted by atomic mass is 9.97. The molecule has 1 aromatic carbocycles. The van der Waals surface area contributed by atoms with Crippen molar-refractivity contribution in [3.05, 3.63) is 34.9 Å². The van der Waals surface area contributed by atoms with Crippen molar-refractivity contribution in [2.75, 3.05) is 26.2 Å². The highest BCUT2D eigenvalue weighted by Crippen LogP contribution is 2.20. The number of piperidine rings is 1. The molecule has 1 fully saturated rings. The molecule has 2 rings (SSSR count). The average Bonchev–Trinajstić information content (AvgIpc) is 2.37. The van der Waals surface area contributed by atoms with Crippen molar-refractivity contribution in [1.29, 1.82) is 0 Å². The summed E-state index contributed by atoms with van der Waals surface area (Å²) in [6, 6.07) is 7.72. The highest BCUT2D eigenvalue weighted by atomic mass is 35.5. The number of benzene rings is 1. The summed E-state index contributed by atoms with van der Waals surface area (Å²) in [6.07, 6.45) is -2.12. The van der Waals surface area contributed by atoms with Gasteiger partial charge in [-0.05, 0) is 49.5 Å². The van der Waals surface area contributed by atoms with Crippen LogP contribution in [0.5, 0.6) is 0 Å². The molecule has 1 saturated heterocycles. The minimum absolute atomic E-state index is 0.278. The van der Waals surface area contributed by atoms with Crippen LogP contribution in [0, 0.1) is 5.92 Å². The van der Waals surface area contributed by atoms with Crippen molar-refractivity contribution < 1.29 is 13.2 Å². The zero-order valence-corrected chi connectivity index (χ0v) is 12.6. The van der Waals surface area contributed by atoms with Gasteiger partial charge in [-0.3, -0.25) is 4.90 Å². The molecule has 1 atom stereocenters. The molecule has 1 unspecified atom stereocenters. The molecule has 0 radical (unpaired) electrons. The van der Waals surface area contributed by atoms with E-state index >= 15 is 0 Å². The Balaban J connectivity index is 1.78. The highest BCUT2D eigenvalue weighted by molar-refractivity contribution is 6.30. The Hall–Kier alpha value is -0.780. The van der Waals surface area contributed by atoms with Gasteiger partial charge in [-0.1, -0.05) is 23.7 Å². The first-order valence-corrected chi connectivity index (χ1v) is 7.54. The molecule has 1 aromatic rings. The number of alkyl halides is 3. The van der Waals surface area contributed by atoms with Crippen molar-refractivity contribution >= 4 is 11.6 Å². The number of likely N-dealkylation sites (tertiary alicyclic amines) is 1. The molecule has 6 heteroatoms. The van der Waals surface area contributed by atoms with E-state index in [2.05, 4.69) is 10.2 Å². The summed E-state index contributed by atoms with van der Waals surface area (Å²) in [6.45, 7) is 2.14. The molecule has 21 heavy (non-hydrogen) atoms. The first-order valence-electron chi connectivity index (χ1n) is 7.16. The van der Waals surface area contributed by atoms with Crippen LogP contribution in [0.2, 0.25) is 5.02 Å². The Labute approximate surface area is 128 Å². The summed E-state index contributed by atoms with van der Waals surface area (Å²) in [5, 5.41) is 3.23. The molecule has 0 bridgehead atoms. The molecule has 0 saturated carbocycles. The summed E-state index contributed by atoms with van der Waals surface area (Å²) >= 11 is 5.97. The van der Waals surface area contributed by atoms with Crippen LogP contribution in [0.25, 0.3) is 0 Å². The van der Waals surface area contributed by atoms with Crippen molar-refractivity contribution in [3.8, 4) is 0 Å². The Kier molecular flexibility index (Phi) is 5.90. The van der Waals surface area contributed by atoms with Crippen molar-refractivity contribution in [2.24, 2.45) is 5.92 Å². The smallest absolute Gasteiger partial charge is 0.308 e. The summed E-state index contributed by atoms with van der Waals surface area (Å²) < 4.78 is 36.4. The average molecular weight is 321 g/mol. The fraction of sp³-hybridized carbons (Fsp3) is 0.600. The monoisotopic (exact) mass is 320 g/mol. The quantitative estimate of drug-likeness (QED) is 0.890. The summed E-state index contributed by atoms with van der Waals surface area (Å²) in [5.41, 5.74) is 1.14. The SMILES string of the molecule is FC(F)(F)CNCC1CCCN(Cc2cccc(Cl)c2)C1. The van der Waals surface area contributed by atoms with E-state index in [-0.39, 0.29) is 5.92 Å². The van der Waals surface area contributed by atoms with Gasteiger partial charge in [0, 0.05) is 18.1 Å².